The van der Waals surface area contributed by atoms with Crippen molar-refractivity contribution in [1.82, 2.24) is 9.97 Å². The molecular weight excluding hydrogens is 290 g/mol. The summed E-state index contributed by atoms with van der Waals surface area (Å²) in [5.41, 5.74) is 1.52. The summed E-state index contributed by atoms with van der Waals surface area (Å²) in [6, 6.07) is 10.0. The Morgan fingerprint density at radius 3 is 2.78 bits per heavy atom. The van der Waals surface area contributed by atoms with E-state index in [1.54, 1.807) is 7.11 Å². The predicted octanol–water partition coefficient (Wildman–Crippen LogP) is 2.57. The van der Waals surface area contributed by atoms with Crippen LogP contribution >= 0.6 is 0 Å². The summed E-state index contributed by atoms with van der Waals surface area (Å²) in [6.07, 6.45) is 3.79. The lowest BCUT2D eigenvalue weighted by Crippen LogP contribution is -2.21. The number of benzene rings is 1. The maximum absolute atomic E-state index is 9.54. The van der Waals surface area contributed by atoms with Crippen molar-refractivity contribution in [1.29, 1.82) is 5.26 Å². The summed E-state index contributed by atoms with van der Waals surface area (Å²) in [6.45, 7) is 2.42. The summed E-state index contributed by atoms with van der Waals surface area (Å²) in [4.78, 5) is 10.7. The Balaban J connectivity index is 1.83. The van der Waals surface area contributed by atoms with Gasteiger partial charge in [0.15, 0.2) is 5.82 Å². The first-order chi connectivity index (χ1) is 11.3. The minimum Gasteiger partial charge on any atom is -0.496 e. The Hall–Kier alpha value is -2.81. The van der Waals surface area contributed by atoms with Crippen LogP contribution in [0.2, 0.25) is 0 Å². The first-order valence-corrected chi connectivity index (χ1v) is 7.69. The van der Waals surface area contributed by atoms with Crippen molar-refractivity contribution in [2.45, 2.75) is 19.4 Å². The molecule has 2 heterocycles. The van der Waals surface area contributed by atoms with Gasteiger partial charge in [0, 0.05) is 25.2 Å². The van der Waals surface area contributed by atoms with Crippen molar-refractivity contribution in [2.24, 2.45) is 0 Å². The summed E-state index contributed by atoms with van der Waals surface area (Å²) < 4.78 is 5.35. The van der Waals surface area contributed by atoms with Gasteiger partial charge in [-0.15, -0.1) is 0 Å². The van der Waals surface area contributed by atoms with E-state index in [-0.39, 0.29) is 0 Å². The maximum atomic E-state index is 9.54. The monoisotopic (exact) mass is 309 g/mol. The summed E-state index contributed by atoms with van der Waals surface area (Å²) in [5, 5.41) is 12.8. The van der Waals surface area contributed by atoms with Crippen molar-refractivity contribution in [3.63, 3.8) is 0 Å². The molecule has 1 aromatic carbocycles. The second-order valence-corrected chi connectivity index (χ2v) is 5.39. The Morgan fingerprint density at radius 2 is 2.04 bits per heavy atom. The van der Waals surface area contributed by atoms with E-state index in [2.05, 4.69) is 26.3 Å². The zero-order chi connectivity index (χ0) is 16.1. The number of nitriles is 1. The highest BCUT2D eigenvalue weighted by molar-refractivity contribution is 5.65. The number of nitrogens with zero attached hydrogens (tertiary/aromatic N) is 4. The molecule has 0 spiro atoms. The van der Waals surface area contributed by atoms with Gasteiger partial charge in [-0.3, -0.25) is 0 Å². The van der Waals surface area contributed by atoms with Gasteiger partial charge >= 0.3 is 0 Å². The van der Waals surface area contributed by atoms with Crippen LogP contribution < -0.4 is 15.0 Å². The minimum atomic E-state index is 0.504. The van der Waals surface area contributed by atoms with Crippen molar-refractivity contribution >= 4 is 11.6 Å². The number of anilines is 2. The predicted molar refractivity (Wildman–Crippen MR) is 88.5 cm³/mol. The van der Waals surface area contributed by atoms with Crippen LogP contribution in [-0.2, 0) is 6.54 Å². The second kappa shape index (κ2) is 6.97. The lowest BCUT2D eigenvalue weighted by atomic mass is 10.2. The van der Waals surface area contributed by atoms with Crippen LogP contribution in [0.1, 0.15) is 24.0 Å². The quantitative estimate of drug-likeness (QED) is 0.915. The largest absolute Gasteiger partial charge is 0.496 e. The molecule has 0 bridgehead atoms. The molecule has 0 amide bonds. The summed E-state index contributed by atoms with van der Waals surface area (Å²) in [7, 11) is 1.65. The van der Waals surface area contributed by atoms with E-state index in [9.17, 15) is 5.26 Å². The third-order valence-electron chi connectivity index (χ3n) is 3.98. The van der Waals surface area contributed by atoms with E-state index in [0.717, 1.165) is 43.1 Å². The molecule has 1 saturated heterocycles. The lowest BCUT2D eigenvalue weighted by Gasteiger charge is -2.19. The highest BCUT2D eigenvalue weighted by atomic mass is 16.5. The van der Waals surface area contributed by atoms with Gasteiger partial charge in [-0.2, -0.15) is 5.26 Å². The molecule has 6 nitrogen and oxygen atoms in total. The van der Waals surface area contributed by atoms with Gasteiger partial charge in [-0.25, -0.2) is 9.97 Å². The molecule has 0 radical (unpaired) electrons. The topological polar surface area (TPSA) is 74.1 Å². The Morgan fingerprint density at radius 1 is 1.26 bits per heavy atom. The molecule has 118 valence electrons. The molecule has 3 rings (SSSR count). The van der Waals surface area contributed by atoms with Crippen LogP contribution in [0.3, 0.4) is 0 Å². The van der Waals surface area contributed by atoms with E-state index in [0.29, 0.717) is 17.9 Å². The van der Waals surface area contributed by atoms with Gasteiger partial charge in [0.2, 0.25) is 0 Å². The van der Waals surface area contributed by atoms with Gasteiger partial charge in [0.25, 0.3) is 0 Å². The van der Waals surface area contributed by atoms with Crippen molar-refractivity contribution in [3.05, 3.63) is 41.7 Å². The van der Waals surface area contributed by atoms with Gasteiger partial charge in [0.05, 0.1) is 7.11 Å². The highest BCUT2D eigenvalue weighted by Gasteiger charge is 2.20. The van der Waals surface area contributed by atoms with Gasteiger partial charge < -0.3 is 15.0 Å². The number of para-hydroxylation sites is 1. The fraction of sp³-hybridized carbons (Fsp3) is 0.353. The zero-order valence-corrected chi connectivity index (χ0v) is 13.1. The van der Waals surface area contributed by atoms with Crippen LogP contribution in [0.25, 0.3) is 0 Å². The molecule has 1 N–H and O–H groups in total. The van der Waals surface area contributed by atoms with Gasteiger partial charge in [0.1, 0.15) is 29.5 Å². The molecule has 0 atom stereocenters. The smallest absolute Gasteiger partial charge is 0.152 e. The standard InChI is InChI=1S/C17H19N5O/c1-23-15-7-3-2-6-13(15)11-19-16-14(10-18)17(21-12-20-16)22-8-4-5-9-22/h2-3,6-7,12H,4-5,8-9,11H2,1H3,(H,19,20,21). The van der Waals surface area contributed by atoms with Gasteiger partial charge in [-0.1, -0.05) is 18.2 Å². The summed E-state index contributed by atoms with van der Waals surface area (Å²) >= 11 is 0. The van der Waals surface area contributed by atoms with E-state index in [1.807, 2.05) is 24.3 Å². The fourth-order valence-electron chi connectivity index (χ4n) is 2.81. The summed E-state index contributed by atoms with van der Waals surface area (Å²) in [5.74, 6) is 2.10. The number of hydrogen-bond acceptors (Lipinski definition) is 6. The molecular formula is C17H19N5O. The Labute approximate surface area is 135 Å². The Kier molecular flexibility index (Phi) is 4.57. The minimum absolute atomic E-state index is 0.504. The van der Waals surface area contributed by atoms with Crippen LogP contribution in [0.15, 0.2) is 30.6 Å². The van der Waals surface area contributed by atoms with Crippen LogP contribution in [-0.4, -0.2) is 30.2 Å². The van der Waals surface area contributed by atoms with E-state index >= 15 is 0 Å². The third-order valence-corrected chi connectivity index (χ3v) is 3.98. The van der Waals surface area contributed by atoms with Crippen LogP contribution in [0.4, 0.5) is 11.6 Å². The van der Waals surface area contributed by atoms with Crippen molar-refractivity contribution < 1.29 is 4.74 Å². The zero-order valence-electron chi connectivity index (χ0n) is 13.1. The maximum Gasteiger partial charge on any atom is 0.152 e. The van der Waals surface area contributed by atoms with Crippen LogP contribution in [0, 0.1) is 11.3 Å². The highest BCUT2D eigenvalue weighted by Crippen LogP contribution is 2.26. The first-order valence-electron chi connectivity index (χ1n) is 7.69. The SMILES string of the molecule is COc1ccccc1CNc1ncnc(N2CCCC2)c1C#N. The van der Waals surface area contributed by atoms with Crippen LogP contribution in [0.5, 0.6) is 5.75 Å². The fourth-order valence-corrected chi connectivity index (χ4v) is 2.81. The number of aromatic nitrogens is 2. The van der Waals surface area contributed by atoms with E-state index in [4.69, 9.17) is 4.74 Å². The second-order valence-electron chi connectivity index (χ2n) is 5.39. The van der Waals surface area contributed by atoms with E-state index < -0.39 is 0 Å². The number of methoxy groups -OCH3 is 1. The number of nitrogens with one attached hydrogen (secondary N) is 1. The number of ether oxygens (including phenoxy) is 1. The number of rotatable bonds is 5. The molecule has 2 aromatic rings. The molecule has 0 aliphatic carbocycles. The third kappa shape index (κ3) is 3.19. The molecule has 1 aliphatic heterocycles. The van der Waals surface area contributed by atoms with Crippen molar-refractivity contribution in [3.8, 4) is 11.8 Å². The molecule has 6 heteroatoms. The normalized spacial score (nSPS) is 13.7. The van der Waals surface area contributed by atoms with Gasteiger partial charge in [-0.05, 0) is 18.9 Å². The molecule has 0 saturated carbocycles. The molecule has 0 unspecified atom stereocenters. The molecule has 1 aliphatic rings. The molecule has 1 fully saturated rings. The lowest BCUT2D eigenvalue weighted by molar-refractivity contribution is 0.410. The van der Waals surface area contributed by atoms with Crippen molar-refractivity contribution in [2.75, 3.05) is 30.4 Å². The first kappa shape index (κ1) is 15.1. The number of hydrogen-bond donors (Lipinski definition) is 1. The average molecular weight is 309 g/mol. The average Bonchev–Trinajstić information content (AvgIpc) is 3.14. The van der Waals surface area contributed by atoms with E-state index in [1.165, 1.54) is 6.33 Å². The molecule has 23 heavy (non-hydrogen) atoms. The Bertz CT molecular complexity index is 719. The molecule has 1 aromatic heterocycles.